The number of urea groups is 1. The maximum absolute atomic E-state index is 12.1. The lowest BCUT2D eigenvalue weighted by Gasteiger charge is -2.11. The highest BCUT2D eigenvalue weighted by molar-refractivity contribution is 5.99. The van der Waals surface area contributed by atoms with Crippen molar-refractivity contribution in [1.29, 1.82) is 0 Å². The van der Waals surface area contributed by atoms with Crippen LogP contribution in [-0.4, -0.2) is 12.8 Å². The van der Waals surface area contributed by atoms with Crippen molar-refractivity contribution in [3.05, 3.63) is 90.0 Å². The van der Waals surface area contributed by atoms with Gasteiger partial charge in [-0.15, -0.1) is 0 Å². The van der Waals surface area contributed by atoms with Gasteiger partial charge >= 0.3 is 6.03 Å². The van der Waals surface area contributed by atoms with E-state index in [4.69, 9.17) is 4.74 Å². The molecule has 0 fully saturated rings. The minimum absolute atomic E-state index is 0.296. The van der Waals surface area contributed by atoms with E-state index in [2.05, 4.69) is 47.1 Å². The van der Waals surface area contributed by atoms with Gasteiger partial charge in [-0.3, -0.25) is 5.32 Å². The molecule has 0 radical (unpaired) electrons. The van der Waals surface area contributed by atoms with E-state index >= 15 is 0 Å². The fourth-order valence-electron chi connectivity index (χ4n) is 2.51. The van der Waals surface area contributed by atoms with E-state index < -0.39 is 0 Å². The van der Waals surface area contributed by atoms with Gasteiger partial charge in [0.2, 0.25) is 0 Å². The number of nitrogens with one attached hydrogen (secondary N) is 3. The topological polar surface area (TPSA) is 62.4 Å². The Morgan fingerprint density at radius 1 is 0.852 bits per heavy atom. The molecule has 138 valence electrons. The van der Waals surface area contributed by atoms with Gasteiger partial charge in [-0.2, -0.15) is 0 Å². The summed E-state index contributed by atoms with van der Waals surface area (Å²) in [4.78, 5) is 12.1. The van der Waals surface area contributed by atoms with Gasteiger partial charge in [0.05, 0.1) is 0 Å². The maximum Gasteiger partial charge on any atom is 0.323 e. The summed E-state index contributed by atoms with van der Waals surface area (Å²) in [6.07, 6.45) is 0. The van der Waals surface area contributed by atoms with Crippen molar-refractivity contribution in [2.45, 2.75) is 13.5 Å². The van der Waals surface area contributed by atoms with E-state index in [1.807, 2.05) is 48.5 Å². The Balaban J connectivity index is 1.45. The minimum Gasteiger partial charge on any atom is -0.478 e. The molecule has 0 atom stereocenters. The van der Waals surface area contributed by atoms with E-state index in [9.17, 15) is 4.79 Å². The first-order valence-corrected chi connectivity index (χ1v) is 8.81. The lowest BCUT2D eigenvalue weighted by molar-refractivity contribution is 0.262. The van der Waals surface area contributed by atoms with Gasteiger partial charge < -0.3 is 15.4 Å². The van der Waals surface area contributed by atoms with Crippen molar-refractivity contribution < 1.29 is 9.53 Å². The Morgan fingerprint density at radius 2 is 1.56 bits per heavy atom. The van der Waals surface area contributed by atoms with Gasteiger partial charge in [0.15, 0.2) is 0 Å². The second-order valence-electron chi connectivity index (χ2n) is 6.17. The van der Waals surface area contributed by atoms with Gasteiger partial charge in [-0.05, 0) is 36.8 Å². The molecule has 5 heteroatoms. The van der Waals surface area contributed by atoms with Crippen molar-refractivity contribution in [3.63, 3.8) is 0 Å². The van der Waals surface area contributed by atoms with Gasteiger partial charge in [0.25, 0.3) is 0 Å². The Kier molecular flexibility index (Phi) is 6.44. The van der Waals surface area contributed by atoms with Crippen LogP contribution in [0.5, 0.6) is 5.75 Å². The van der Waals surface area contributed by atoms with Crippen molar-refractivity contribution >= 4 is 17.4 Å². The zero-order valence-electron chi connectivity index (χ0n) is 15.2. The highest BCUT2D eigenvalue weighted by Crippen LogP contribution is 2.17. The SMILES string of the molecule is Cc1ccc(CNCOc2cccc(NC(=O)Nc3ccccc3)c2)cc1. The highest BCUT2D eigenvalue weighted by atomic mass is 16.5. The van der Waals surface area contributed by atoms with Gasteiger partial charge in [-0.1, -0.05) is 54.1 Å². The van der Waals surface area contributed by atoms with E-state index in [0.29, 0.717) is 18.2 Å². The van der Waals surface area contributed by atoms with Crippen LogP contribution in [0, 0.1) is 6.92 Å². The first-order chi connectivity index (χ1) is 13.2. The molecule has 0 heterocycles. The molecule has 2 amide bonds. The molecule has 0 bridgehead atoms. The highest BCUT2D eigenvalue weighted by Gasteiger charge is 2.03. The maximum atomic E-state index is 12.1. The Hall–Kier alpha value is -3.31. The van der Waals surface area contributed by atoms with Crippen molar-refractivity contribution in [3.8, 4) is 5.75 Å². The largest absolute Gasteiger partial charge is 0.478 e. The smallest absolute Gasteiger partial charge is 0.323 e. The van der Waals surface area contributed by atoms with E-state index in [1.165, 1.54) is 11.1 Å². The third-order valence-corrected chi connectivity index (χ3v) is 3.91. The van der Waals surface area contributed by atoms with Crippen molar-refractivity contribution in [1.82, 2.24) is 5.32 Å². The number of carbonyl (C=O) groups is 1. The summed E-state index contributed by atoms with van der Waals surface area (Å²) in [6.45, 7) is 3.19. The quantitative estimate of drug-likeness (QED) is 0.420. The molecule has 0 spiro atoms. The number of para-hydroxylation sites is 1. The number of hydrogen-bond acceptors (Lipinski definition) is 3. The van der Waals surface area contributed by atoms with E-state index in [1.54, 1.807) is 6.07 Å². The van der Waals surface area contributed by atoms with Crippen LogP contribution in [0.4, 0.5) is 16.2 Å². The first kappa shape index (κ1) is 18.5. The van der Waals surface area contributed by atoms with Crippen molar-refractivity contribution in [2.75, 3.05) is 17.4 Å². The third-order valence-electron chi connectivity index (χ3n) is 3.91. The van der Waals surface area contributed by atoms with E-state index in [-0.39, 0.29) is 6.03 Å². The minimum atomic E-state index is -0.296. The second-order valence-corrected chi connectivity index (χ2v) is 6.17. The number of hydrogen-bond donors (Lipinski definition) is 3. The molecule has 0 aliphatic heterocycles. The lowest BCUT2D eigenvalue weighted by Crippen LogP contribution is -2.20. The molecule has 3 aromatic rings. The number of anilines is 2. The summed E-state index contributed by atoms with van der Waals surface area (Å²) in [5, 5.41) is 8.82. The summed E-state index contributed by atoms with van der Waals surface area (Å²) in [6, 6.07) is 24.7. The predicted octanol–water partition coefficient (Wildman–Crippen LogP) is 4.77. The van der Waals surface area contributed by atoms with Crippen LogP contribution in [0.25, 0.3) is 0 Å². The number of ether oxygens (including phenoxy) is 1. The summed E-state index contributed by atoms with van der Waals surface area (Å²) in [5.41, 5.74) is 3.86. The first-order valence-electron chi connectivity index (χ1n) is 8.81. The van der Waals surface area contributed by atoms with Crippen LogP contribution in [0.3, 0.4) is 0 Å². The molecular formula is C22H23N3O2. The van der Waals surface area contributed by atoms with Crippen LogP contribution in [0.15, 0.2) is 78.9 Å². The average Bonchev–Trinajstić information content (AvgIpc) is 2.68. The summed E-state index contributed by atoms with van der Waals surface area (Å²) < 4.78 is 5.71. The fraction of sp³-hybridized carbons (Fsp3) is 0.136. The molecule has 0 unspecified atom stereocenters. The Bertz CT molecular complexity index is 864. The molecule has 0 saturated heterocycles. The summed E-state index contributed by atoms with van der Waals surface area (Å²) in [5.74, 6) is 0.684. The molecule has 3 rings (SSSR count). The molecule has 27 heavy (non-hydrogen) atoms. The number of aryl methyl sites for hydroxylation is 1. The summed E-state index contributed by atoms with van der Waals surface area (Å²) in [7, 11) is 0. The lowest BCUT2D eigenvalue weighted by atomic mass is 10.1. The summed E-state index contributed by atoms with van der Waals surface area (Å²) >= 11 is 0. The van der Waals surface area contributed by atoms with Crippen LogP contribution in [-0.2, 0) is 6.54 Å². The molecule has 3 N–H and O–H groups in total. The molecule has 3 aromatic carbocycles. The second kappa shape index (κ2) is 9.40. The van der Waals surface area contributed by atoms with Crippen LogP contribution in [0.1, 0.15) is 11.1 Å². The normalized spacial score (nSPS) is 10.3. The molecule has 0 aromatic heterocycles. The Morgan fingerprint density at radius 3 is 2.33 bits per heavy atom. The fourth-order valence-corrected chi connectivity index (χ4v) is 2.51. The van der Waals surface area contributed by atoms with E-state index in [0.717, 1.165) is 12.2 Å². The Labute approximate surface area is 159 Å². The predicted molar refractivity (Wildman–Crippen MR) is 109 cm³/mol. The van der Waals surface area contributed by atoms with Crippen LogP contribution >= 0.6 is 0 Å². The van der Waals surface area contributed by atoms with Crippen LogP contribution in [0.2, 0.25) is 0 Å². The van der Waals surface area contributed by atoms with Gasteiger partial charge in [-0.25, -0.2) is 4.79 Å². The third kappa shape index (κ3) is 6.17. The molecule has 0 saturated carbocycles. The average molecular weight is 361 g/mol. The van der Waals surface area contributed by atoms with Gasteiger partial charge in [0.1, 0.15) is 12.5 Å². The number of carbonyl (C=O) groups excluding carboxylic acids is 1. The monoisotopic (exact) mass is 361 g/mol. The van der Waals surface area contributed by atoms with Gasteiger partial charge in [0, 0.05) is 24.0 Å². The van der Waals surface area contributed by atoms with Crippen molar-refractivity contribution in [2.24, 2.45) is 0 Å². The molecule has 5 nitrogen and oxygen atoms in total. The number of rotatable bonds is 7. The van der Waals surface area contributed by atoms with Crippen LogP contribution < -0.4 is 20.7 Å². The zero-order chi connectivity index (χ0) is 18.9. The molecular weight excluding hydrogens is 338 g/mol. The number of benzene rings is 3. The zero-order valence-corrected chi connectivity index (χ0v) is 15.2. The number of amides is 2. The molecule has 0 aliphatic rings. The molecule has 0 aliphatic carbocycles. The standard InChI is InChI=1S/C22H23N3O2/c1-17-10-12-18(13-11-17)15-23-16-27-21-9-5-8-20(14-21)25-22(26)24-19-6-3-2-4-7-19/h2-14,23H,15-16H2,1H3,(H2,24,25,26).